The van der Waals surface area contributed by atoms with Crippen LogP contribution in [0.1, 0.15) is 37.6 Å². The van der Waals surface area contributed by atoms with Crippen LogP contribution in [0.15, 0.2) is 0 Å². The molecule has 1 aromatic heterocycles. The molecule has 0 aromatic carbocycles. The van der Waals surface area contributed by atoms with Crippen molar-refractivity contribution in [2.24, 2.45) is 5.41 Å². The zero-order valence-corrected chi connectivity index (χ0v) is 11.2. The maximum absolute atomic E-state index is 5.84. The first-order valence-corrected chi connectivity index (χ1v) is 7.24. The third-order valence-electron chi connectivity index (χ3n) is 4.26. The van der Waals surface area contributed by atoms with Gasteiger partial charge in [0.1, 0.15) is 5.01 Å². The Hall–Kier alpha value is -0.680. The van der Waals surface area contributed by atoms with E-state index in [0.29, 0.717) is 17.6 Å². The molecule has 2 fully saturated rings. The SMILES string of the molecule is CCOC1CC(Nc2nnc(C)s2)C12CCC2. The van der Waals surface area contributed by atoms with Crippen molar-refractivity contribution in [3.05, 3.63) is 5.01 Å². The zero-order valence-electron chi connectivity index (χ0n) is 10.4. The molecule has 0 radical (unpaired) electrons. The molecule has 0 bridgehead atoms. The summed E-state index contributed by atoms with van der Waals surface area (Å²) in [6.45, 7) is 4.91. The number of aryl methyl sites for hydroxylation is 1. The van der Waals surface area contributed by atoms with Crippen LogP contribution in [-0.4, -0.2) is 29.0 Å². The fourth-order valence-corrected chi connectivity index (χ4v) is 3.79. The van der Waals surface area contributed by atoms with E-state index >= 15 is 0 Å². The van der Waals surface area contributed by atoms with Gasteiger partial charge in [0.05, 0.1) is 6.10 Å². The molecular weight excluding hydrogens is 234 g/mol. The Morgan fingerprint density at radius 2 is 2.29 bits per heavy atom. The van der Waals surface area contributed by atoms with Gasteiger partial charge in [-0.25, -0.2) is 0 Å². The summed E-state index contributed by atoms with van der Waals surface area (Å²) in [4.78, 5) is 0. The van der Waals surface area contributed by atoms with Crippen LogP contribution in [0.5, 0.6) is 0 Å². The van der Waals surface area contributed by atoms with E-state index < -0.39 is 0 Å². The van der Waals surface area contributed by atoms with Crippen molar-refractivity contribution in [1.82, 2.24) is 10.2 Å². The van der Waals surface area contributed by atoms with E-state index in [-0.39, 0.29) is 0 Å². The Morgan fingerprint density at radius 3 is 2.82 bits per heavy atom. The fraction of sp³-hybridized carbons (Fsp3) is 0.833. The van der Waals surface area contributed by atoms with Crippen molar-refractivity contribution in [2.45, 2.75) is 51.7 Å². The maximum atomic E-state index is 5.84. The minimum Gasteiger partial charge on any atom is -0.378 e. The van der Waals surface area contributed by atoms with Crippen molar-refractivity contribution < 1.29 is 4.74 Å². The highest BCUT2D eigenvalue weighted by Gasteiger charge is 2.59. The van der Waals surface area contributed by atoms with Gasteiger partial charge in [-0.1, -0.05) is 17.8 Å². The Balaban J connectivity index is 1.65. The second-order valence-corrected chi connectivity index (χ2v) is 6.27. The molecule has 1 aromatic rings. The predicted octanol–water partition coefficient (Wildman–Crippen LogP) is 2.61. The third kappa shape index (κ3) is 1.76. The lowest BCUT2D eigenvalue weighted by atomic mass is 9.51. The molecule has 17 heavy (non-hydrogen) atoms. The van der Waals surface area contributed by atoms with Gasteiger partial charge in [0.2, 0.25) is 5.13 Å². The lowest BCUT2D eigenvalue weighted by Gasteiger charge is -2.60. The van der Waals surface area contributed by atoms with E-state index in [4.69, 9.17) is 4.74 Å². The van der Waals surface area contributed by atoms with Crippen molar-refractivity contribution >= 4 is 16.5 Å². The monoisotopic (exact) mass is 253 g/mol. The van der Waals surface area contributed by atoms with E-state index in [1.54, 1.807) is 11.3 Å². The number of aromatic nitrogens is 2. The number of nitrogens with zero attached hydrogens (tertiary/aromatic N) is 2. The summed E-state index contributed by atoms with van der Waals surface area (Å²) in [6.07, 6.45) is 5.52. The minimum atomic E-state index is 0.398. The zero-order chi connectivity index (χ0) is 11.9. The first kappa shape index (κ1) is 11.4. The number of ether oxygens (including phenoxy) is 1. The summed E-state index contributed by atoms with van der Waals surface area (Å²) in [7, 11) is 0. The van der Waals surface area contributed by atoms with Gasteiger partial charge in [0.15, 0.2) is 0 Å². The third-order valence-corrected chi connectivity index (χ3v) is 5.03. The quantitative estimate of drug-likeness (QED) is 0.896. The molecule has 94 valence electrons. The van der Waals surface area contributed by atoms with Gasteiger partial charge in [-0.15, -0.1) is 10.2 Å². The molecule has 2 atom stereocenters. The Labute approximate surface area is 106 Å². The molecule has 2 aliphatic carbocycles. The predicted molar refractivity (Wildman–Crippen MR) is 68.4 cm³/mol. The van der Waals surface area contributed by atoms with Crippen LogP contribution >= 0.6 is 11.3 Å². The van der Waals surface area contributed by atoms with E-state index in [1.165, 1.54) is 19.3 Å². The average Bonchev–Trinajstić information content (AvgIpc) is 2.60. The van der Waals surface area contributed by atoms with Crippen molar-refractivity contribution in [3.63, 3.8) is 0 Å². The lowest BCUT2D eigenvalue weighted by Crippen LogP contribution is -2.64. The number of rotatable bonds is 4. The highest BCUT2D eigenvalue weighted by Crippen LogP contribution is 2.58. The van der Waals surface area contributed by atoms with Crippen LogP contribution in [0.25, 0.3) is 0 Å². The Bertz CT molecular complexity index is 402. The maximum Gasteiger partial charge on any atom is 0.205 e. The topological polar surface area (TPSA) is 47.0 Å². The van der Waals surface area contributed by atoms with E-state index in [9.17, 15) is 0 Å². The minimum absolute atomic E-state index is 0.398. The second-order valence-electron chi connectivity index (χ2n) is 5.09. The van der Waals surface area contributed by atoms with Crippen molar-refractivity contribution in [2.75, 3.05) is 11.9 Å². The molecule has 0 saturated heterocycles. The van der Waals surface area contributed by atoms with Crippen LogP contribution in [0.3, 0.4) is 0 Å². The first-order chi connectivity index (χ1) is 8.24. The largest absolute Gasteiger partial charge is 0.378 e. The van der Waals surface area contributed by atoms with Crippen LogP contribution in [0, 0.1) is 12.3 Å². The lowest BCUT2D eigenvalue weighted by molar-refractivity contribution is -0.157. The Morgan fingerprint density at radius 1 is 1.47 bits per heavy atom. The van der Waals surface area contributed by atoms with Gasteiger partial charge in [0, 0.05) is 18.1 Å². The first-order valence-electron chi connectivity index (χ1n) is 6.43. The molecule has 0 aliphatic heterocycles. The summed E-state index contributed by atoms with van der Waals surface area (Å²) < 4.78 is 5.84. The molecule has 2 unspecified atom stereocenters. The van der Waals surface area contributed by atoms with E-state index in [1.807, 2.05) is 6.92 Å². The number of hydrogen-bond acceptors (Lipinski definition) is 5. The summed E-state index contributed by atoms with van der Waals surface area (Å²) >= 11 is 1.64. The molecule has 2 aliphatic rings. The second kappa shape index (κ2) is 4.21. The van der Waals surface area contributed by atoms with Crippen molar-refractivity contribution in [1.29, 1.82) is 0 Å². The number of anilines is 1. The molecule has 4 nitrogen and oxygen atoms in total. The van der Waals surface area contributed by atoms with Gasteiger partial charge in [-0.05, 0) is 33.1 Å². The standard InChI is InChI=1S/C12H19N3OS/c1-3-16-10-7-9(12(10)5-4-6-12)13-11-15-14-8(2)17-11/h9-10H,3-7H2,1-2H3,(H,13,15). The molecule has 0 amide bonds. The van der Waals surface area contributed by atoms with Crippen LogP contribution in [0.2, 0.25) is 0 Å². The van der Waals surface area contributed by atoms with E-state index in [2.05, 4.69) is 22.4 Å². The highest BCUT2D eigenvalue weighted by molar-refractivity contribution is 7.15. The molecule has 2 saturated carbocycles. The van der Waals surface area contributed by atoms with Gasteiger partial charge in [0.25, 0.3) is 0 Å². The normalized spacial score (nSPS) is 29.8. The number of nitrogens with one attached hydrogen (secondary N) is 1. The molecular formula is C12H19N3OS. The number of hydrogen-bond donors (Lipinski definition) is 1. The van der Waals surface area contributed by atoms with Crippen molar-refractivity contribution in [3.8, 4) is 0 Å². The van der Waals surface area contributed by atoms with Gasteiger partial charge < -0.3 is 10.1 Å². The van der Waals surface area contributed by atoms with E-state index in [0.717, 1.165) is 23.2 Å². The smallest absolute Gasteiger partial charge is 0.205 e. The molecule has 3 rings (SSSR count). The fourth-order valence-electron chi connectivity index (χ4n) is 3.14. The molecule has 1 heterocycles. The van der Waals surface area contributed by atoms with Crippen LogP contribution in [0.4, 0.5) is 5.13 Å². The summed E-state index contributed by atoms with van der Waals surface area (Å²) in [5.41, 5.74) is 0.398. The van der Waals surface area contributed by atoms with Crippen LogP contribution in [-0.2, 0) is 4.74 Å². The average molecular weight is 253 g/mol. The van der Waals surface area contributed by atoms with Crippen LogP contribution < -0.4 is 5.32 Å². The highest BCUT2D eigenvalue weighted by atomic mass is 32.1. The summed E-state index contributed by atoms with van der Waals surface area (Å²) in [5.74, 6) is 0. The summed E-state index contributed by atoms with van der Waals surface area (Å²) in [5, 5.41) is 13.7. The molecule has 5 heteroatoms. The Kier molecular flexibility index (Phi) is 2.83. The molecule has 1 spiro atoms. The molecule has 1 N–H and O–H groups in total. The van der Waals surface area contributed by atoms with Gasteiger partial charge in [-0.3, -0.25) is 0 Å². The summed E-state index contributed by atoms with van der Waals surface area (Å²) in [6, 6.07) is 0.542. The van der Waals surface area contributed by atoms with Gasteiger partial charge in [-0.2, -0.15) is 0 Å². The van der Waals surface area contributed by atoms with Gasteiger partial charge >= 0.3 is 0 Å².